The number of hydrogen-bond acceptors (Lipinski definition) is 5. The first-order valence-corrected chi connectivity index (χ1v) is 3.20. The van der Waals surface area contributed by atoms with E-state index in [-0.39, 0.29) is 13.0 Å². The van der Waals surface area contributed by atoms with Gasteiger partial charge in [0, 0.05) is 0 Å². The van der Waals surface area contributed by atoms with Gasteiger partial charge in [-0.05, 0) is 6.92 Å². The fourth-order valence-electron chi connectivity index (χ4n) is 0.526. The molecule has 1 amide bonds. The van der Waals surface area contributed by atoms with Crippen molar-refractivity contribution in [3.05, 3.63) is 0 Å². The maximum absolute atomic E-state index is 10.7. The number of aliphatic carboxylic acids is 1. The van der Waals surface area contributed by atoms with Crippen LogP contribution >= 0.6 is 0 Å². The number of esters is 1. The second-order valence-electron chi connectivity index (χ2n) is 1.79. The molecule has 1 atom stereocenters. The van der Waals surface area contributed by atoms with Crippen molar-refractivity contribution in [2.75, 3.05) is 6.61 Å². The Bertz CT molecular complexity index is 190. The molecule has 0 aromatic rings. The summed E-state index contributed by atoms with van der Waals surface area (Å²) in [6, 6.07) is -1.72. The molecule has 0 aliphatic rings. The lowest BCUT2D eigenvalue weighted by Crippen LogP contribution is -2.50. The number of carboxylic acids is 1. The summed E-state index contributed by atoms with van der Waals surface area (Å²) in [5.74, 6) is -2.73. The van der Waals surface area contributed by atoms with Gasteiger partial charge in [0.15, 0.2) is 6.04 Å². The van der Waals surface area contributed by atoms with Crippen molar-refractivity contribution in [1.29, 1.82) is 0 Å². The number of hydrogen-bond donors (Lipinski definition) is 1. The standard InChI is InChI=1S/C6H9NO5/c1-2-12-6(11)4(5(9)10)7-3-8/h3-4H,2H2,1H3,(H,7,8)(H,9,10)/p-1. The summed E-state index contributed by atoms with van der Waals surface area (Å²) in [5, 5.41) is 11.9. The van der Waals surface area contributed by atoms with E-state index in [2.05, 4.69) is 4.74 Å². The van der Waals surface area contributed by atoms with Crippen molar-refractivity contribution >= 4 is 18.3 Å². The first-order valence-electron chi connectivity index (χ1n) is 3.20. The maximum atomic E-state index is 10.7. The molecule has 0 saturated carbocycles. The summed E-state index contributed by atoms with van der Waals surface area (Å²) in [6.45, 7) is 1.56. The molecule has 0 aliphatic heterocycles. The van der Waals surface area contributed by atoms with Gasteiger partial charge < -0.3 is 20.0 Å². The van der Waals surface area contributed by atoms with Crippen molar-refractivity contribution in [3.8, 4) is 0 Å². The number of rotatable bonds is 5. The maximum Gasteiger partial charge on any atom is 0.334 e. The fraction of sp³-hybridized carbons (Fsp3) is 0.500. The predicted molar refractivity (Wildman–Crippen MR) is 34.6 cm³/mol. The Morgan fingerprint density at radius 3 is 2.58 bits per heavy atom. The van der Waals surface area contributed by atoms with E-state index in [0.717, 1.165) is 0 Å². The van der Waals surface area contributed by atoms with Gasteiger partial charge in [0.25, 0.3) is 0 Å². The zero-order valence-corrected chi connectivity index (χ0v) is 6.40. The van der Waals surface area contributed by atoms with Crippen LogP contribution in [0.3, 0.4) is 0 Å². The van der Waals surface area contributed by atoms with Crippen LogP contribution in [-0.4, -0.2) is 31.0 Å². The second kappa shape index (κ2) is 5.11. The monoisotopic (exact) mass is 174 g/mol. The summed E-state index contributed by atoms with van der Waals surface area (Å²) in [6.07, 6.45) is 0.0946. The molecule has 12 heavy (non-hydrogen) atoms. The molecule has 0 saturated heterocycles. The summed E-state index contributed by atoms with van der Waals surface area (Å²) in [4.78, 5) is 30.7. The van der Waals surface area contributed by atoms with Crippen LogP contribution in [0.2, 0.25) is 0 Å². The Balaban J connectivity index is 4.18. The molecule has 68 valence electrons. The van der Waals surface area contributed by atoms with Gasteiger partial charge >= 0.3 is 5.97 Å². The van der Waals surface area contributed by atoms with Crippen LogP contribution in [0.15, 0.2) is 0 Å². The van der Waals surface area contributed by atoms with Crippen molar-refractivity contribution in [2.24, 2.45) is 0 Å². The highest BCUT2D eigenvalue weighted by Gasteiger charge is 2.19. The predicted octanol–water partition coefficient (Wildman–Crippen LogP) is -2.59. The zero-order chi connectivity index (χ0) is 9.56. The zero-order valence-electron chi connectivity index (χ0n) is 6.40. The Kier molecular flexibility index (Phi) is 4.43. The normalized spacial score (nSPS) is 11.4. The number of amides is 1. The lowest BCUT2D eigenvalue weighted by atomic mass is 10.3. The topological polar surface area (TPSA) is 95.5 Å². The molecule has 0 fully saturated rings. The Labute approximate surface area is 68.5 Å². The second-order valence-corrected chi connectivity index (χ2v) is 1.79. The van der Waals surface area contributed by atoms with E-state index in [1.807, 2.05) is 0 Å². The van der Waals surface area contributed by atoms with Crippen LogP contribution in [0.1, 0.15) is 6.92 Å². The largest absolute Gasteiger partial charge is 0.547 e. The Morgan fingerprint density at radius 2 is 2.25 bits per heavy atom. The van der Waals surface area contributed by atoms with Crippen LogP contribution in [0.25, 0.3) is 0 Å². The van der Waals surface area contributed by atoms with Crippen molar-refractivity contribution in [2.45, 2.75) is 13.0 Å². The van der Waals surface area contributed by atoms with Gasteiger partial charge in [-0.2, -0.15) is 0 Å². The van der Waals surface area contributed by atoms with Gasteiger partial charge in [-0.15, -0.1) is 0 Å². The smallest absolute Gasteiger partial charge is 0.334 e. The third kappa shape index (κ3) is 3.00. The number of nitrogens with one attached hydrogen (secondary N) is 1. The van der Waals surface area contributed by atoms with E-state index in [9.17, 15) is 19.5 Å². The van der Waals surface area contributed by atoms with Gasteiger partial charge in [0.1, 0.15) is 0 Å². The molecular formula is C6H8NO5-. The fourth-order valence-corrected chi connectivity index (χ4v) is 0.526. The van der Waals surface area contributed by atoms with Gasteiger partial charge in [0.05, 0.1) is 12.6 Å². The summed E-state index contributed by atoms with van der Waals surface area (Å²) < 4.78 is 4.34. The van der Waals surface area contributed by atoms with E-state index in [1.54, 1.807) is 5.32 Å². The van der Waals surface area contributed by atoms with Crippen molar-refractivity contribution in [1.82, 2.24) is 5.32 Å². The SMILES string of the molecule is CCOC(=O)C(NC=O)C(=O)[O-]. The Morgan fingerprint density at radius 1 is 1.67 bits per heavy atom. The van der Waals surface area contributed by atoms with E-state index in [0.29, 0.717) is 0 Å². The summed E-state index contributed by atoms with van der Waals surface area (Å²) in [7, 11) is 0. The molecule has 0 aliphatic carbocycles. The molecule has 1 unspecified atom stereocenters. The van der Waals surface area contributed by atoms with Gasteiger partial charge in [-0.3, -0.25) is 4.79 Å². The minimum Gasteiger partial charge on any atom is -0.547 e. The third-order valence-corrected chi connectivity index (χ3v) is 0.993. The minimum atomic E-state index is -1.72. The lowest BCUT2D eigenvalue weighted by Gasteiger charge is -2.14. The van der Waals surface area contributed by atoms with Gasteiger partial charge in [0.2, 0.25) is 6.41 Å². The molecule has 0 aromatic heterocycles. The molecule has 0 spiro atoms. The van der Waals surface area contributed by atoms with Crippen LogP contribution in [0.4, 0.5) is 0 Å². The summed E-state index contributed by atoms with van der Waals surface area (Å²) in [5.41, 5.74) is 0. The van der Waals surface area contributed by atoms with E-state index in [4.69, 9.17) is 0 Å². The van der Waals surface area contributed by atoms with Crippen molar-refractivity contribution in [3.63, 3.8) is 0 Å². The molecule has 0 radical (unpaired) electrons. The van der Waals surface area contributed by atoms with Crippen LogP contribution < -0.4 is 10.4 Å². The molecule has 0 bridgehead atoms. The van der Waals surface area contributed by atoms with Crippen LogP contribution in [0.5, 0.6) is 0 Å². The highest BCUT2D eigenvalue weighted by molar-refractivity contribution is 5.98. The first kappa shape index (κ1) is 10.4. The molecule has 0 heterocycles. The third-order valence-electron chi connectivity index (χ3n) is 0.993. The average molecular weight is 174 g/mol. The molecule has 0 rings (SSSR count). The van der Waals surface area contributed by atoms with E-state index >= 15 is 0 Å². The molecule has 0 aromatic carbocycles. The van der Waals surface area contributed by atoms with Crippen molar-refractivity contribution < 1.29 is 24.2 Å². The molecule has 6 nitrogen and oxygen atoms in total. The number of carboxylic acid groups (broad SMARTS) is 1. The van der Waals surface area contributed by atoms with Crippen LogP contribution in [0, 0.1) is 0 Å². The lowest BCUT2D eigenvalue weighted by molar-refractivity contribution is -0.307. The van der Waals surface area contributed by atoms with E-state index < -0.39 is 18.0 Å². The van der Waals surface area contributed by atoms with E-state index in [1.165, 1.54) is 6.92 Å². The Hall–Kier alpha value is -1.59. The number of carbonyl (C=O) groups is 3. The quantitative estimate of drug-likeness (QED) is 0.280. The minimum absolute atomic E-state index is 0.0448. The van der Waals surface area contributed by atoms with Gasteiger partial charge in [-0.25, -0.2) is 4.79 Å². The molecule has 6 heteroatoms. The molecule has 1 N–H and O–H groups in total. The summed E-state index contributed by atoms with van der Waals surface area (Å²) >= 11 is 0. The number of ether oxygens (including phenoxy) is 1. The van der Waals surface area contributed by atoms with Gasteiger partial charge in [-0.1, -0.05) is 0 Å². The first-order chi connectivity index (χ1) is 5.63. The average Bonchev–Trinajstić information content (AvgIpc) is 1.99. The number of carbonyl (C=O) groups excluding carboxylic acids is 3. The van der Waals surface area contributed by atoms with Crippen LogP contribution in [-0.2, 0) is 19.1 Å². The highest BCUT2D eigenvalue weighted by Crippen LogP contribution is 1.86. The highest BCUT2D eigenvalue weighted by atomic mass is 16.5. The molecular weight excluding hydrogens is 166 g/mol.